The Morgan fingerprint density at radius 3 is 2.54 bits per heavy atom. The lowest BCUT2D eigenvalue weighted by Crippen LogP contribution is -2.35. The zero-order valence-corrected chi connectivity index (χ0v) is 14.7. The molecule has 5 nitrogen and oxygen atoms in total. The molecule has 1 aliphatic rings. The van der Waals surface area contributed by atoms with Crippen molar-refractivity contribution in [3.05, 3.63) is 58.6 Å². The Morgan fingerprint density at radius 1 is 1.17 bits per heavy atom. The van der Waals surface area contributed by atoms with E-state index in [-0.39, 0.29) is 15.8 Å². The van der Waals surface area contributed by atoms with Crippen molar-refractivity contribution in [1.29, 1.82) is 0 Å². The van der Waals surface area contributed by atoms with Crippen LogP contribution in [0.3, 0.4) is 0 Å². The summed E-state index contributed by atoms with van der Waals surface area (Å²) in [6.45, 7) is 2.15. The van der Waals surface area contributed by atoms with Crippen LogP contribution in [0.4, 0.5) is 5.69 Å². The molecule has 1 aliphatic heterocycles. The minimum absolute atomic E-state index is 0.126. The molecule has 0 aliphatic carbocycles. The third-order valence-corrected chi connectivity index (χ3v) is 6.14. The zero-order valence-electron chi connectivity index (χ0n) is 13.1. The third-order valence-electron chi connectivity index (χ3n) is 3.98. The first-order valence-corrected chi connectivity index (χ1v) is 9.34. The summed E-state index contributed by atoms with van der Waals surface area (Å²) in [6.07, 6.45) is 0.688. The standard InChI is InChI=1S/C17H17ClN2O3S/c1-12(21)19-17-7-6-15(10-16(17)18)24(22,23)20-9-8-13-4-2-3-5-14(13)11-20/h2-7,10H,8-9,11H2,1H3,(H,19,21). The van der Waals surface area contributed by atoms with E-state index >= 15 is 0 Å². The van der Waals surface area contributed by atoms with Gasteiger partial charge in [-0.05, 0) is 35.7 Å². The summed E-state index contributed by atoms with van der Waals surface area (Å²) in [6, 6.07) is 12.2. The van der Waals surface area contributed by atoms with E-state index in [1.54, 1.807) is 0 Å². The van der Waals surface area contributed by atoms with Gasteiger partial charge in [-0.3, -0.25) is 4.79 Å². The lowest BCUT2D eigenvalue weighted by atomic mass is 10.0. The van der Waals surface area contributed by atoms with Crippen LogP contribution in [-0.4, -0.2) is 25.2 Å². The van der Waals surface area contributed by atoms with Gasteiger partial charge >= 0.3 is 0 Å². The summed E-state index contributed by atoms with van der Waals surface area (Å²) in [5.41, 5.74) is 2.60. The number of nitrogens with zero attached hydrogens (tertiary/aromatic N) is 1. The number of amides is 1. The van der Waals surface area contributed by atoms with E-state index < -0.39 is 10.0 Å². The normalized spacial score (nSPS) is 14.9. The molecule has 0 saturated carbocycles. The van der Waals surface area contributed by atoms with Crippen LogP contribution < -0.4 is 5.32 Å². The van der Waals surface area contributed by atoms with Crippen LogP contribution in [0.1, 0.15) is 18.1 Å². The largest absolute Gasteiger partial charge is 0.325 e. The molecule has 0 fully saturated rings. The van der Waals surface area contributed by atoms with Gasteiger partial charge in [0.2, 0.25) is 15.9 Å². The maximum absolute atomic E-state index is 12.9. The van der Waals surface area contributed by atoms with E-state index in [0.717, 1.165) is 5.56 Å². The molecular formula is C17H17ClN2O3S. The number of carbonyl (C=O) groups excluding carboxylic acids is 1. The fourth-order valence-corrected chi connectivity index (χ4v) is 4.51. The maximum Gasteiger partial charge on any atom is 0.243 e. The third kappa shape index (κ3) is 3.31. The molecule has 7 heteroatoms. The highest BCUT2D eigenvalue weighted by molar-refractivity contribution is 7.89. The Balaban J connectivity index is 1.89. The Hall–Kier alpha value is -1.89. The van der Waals surface area contributed by atoms with Gasteiger partial charge in [0.15, 0.2) is 0 Å². The number of anilines is 1. The van der Waals surface area contributed by atoms with E-state index in [1.807, 2.05) is 24.3 Å². The van der Waals surface area contributed by atoms with Gasteiger partial charge in [-0.25, -0.2) is 8.42 Å². The van der Waals surface area contributed by atoms with E-state index in [2.05, 4.69) is 5.32 Å². The predicted octanol–water partition coefficient (Wildman–Crippen LogP) is 3.05. The Labute approximate surface area is 146 Å². The minimum atomic E-state index is -3.64. The van der Waals surface area contributed by atoms with Crippen molar-refractivity contribution in [2.75, 3.05) is 11.9 Å². The number of carbonyl (C=O) groups is 1. The van der Waals surface area contributed by atoms with Gasteiger partial charge in [0.05, 0.1) is 15.6 Å². The Morgan fingerprint density at radius 2 is 1.88 bits per heavy atom. The number of halogens is 1. The summed E-state index contributed by atoms with van der Waals surface area (Å²) >= 11 is 6.10. The van der Waals surface area contributed by atoms with Crippen molar-refractivity contribution in [2.45, 2.75) is 24.8 Å². The number of sulfonamides is 1. The molecule has 1 N–H and O–H groups in total. The van der Waals surface area contributed by atoms with E-state index in [1.165, 1.54) is 35.0 Å². The van der Waals surface area contributed by atoms with Crippen molar-refractivity contribution in [2.24, 2.45) is 0 Å². The first-order valence-electron chi connectivity index (χ1n) is 7.52. The average molecular weight is 365 g/mol. The molecule has 0 aromatic heterocycles. The van der Waals surface area contributed by atoms with Crippen LogP contribution in [0.5, 0.6) is 0 Å². The van der Waals surface area contributed by atoms with Crippen LogP contribution in [0.2, 0.25) is 5.02 Å². The van der Waals surface area contributed by atoms with Crippen LogP contribution in [0.25, 0.3) is 0 Å². The molecule has 3 rings (SSSR count). The Kier molecular flexibility index (Phi) is 4.62. The molecule has 24 heavy (non-hydrogen) atoms. The summed E-state index contributed by atoms with van der Waals surface area (Å²) in [5, 5.41) is 2.76. The number of nitrogens with one attached hydrogen (secondary N) is 1. The highest BCUT2D eigenvalue weighted by atomic mass is 35.5. The summed E-state index contributed by atoms with van der Waals surface area (Å²) < 4.78 is 27.2. The second-order valence-electron chi connectivity index (χ2n) is 5.68. The van der Waals surface area contributed by atoms with Crippen molar-refractivity contribution < 1.29 is 13.2 Å². The molecular weight excluding hydrogens is 348 g/mol. The van der Waals surface area contributed by atoms with Crippen molar-refractivity contribution in [3.8, 4) is 0 Å². The van der Waals surface area contributed by atoms with Gasteiger partial charge < -0.3 is 5.32 Å². The molecule has 2 aromatic rings. The quantitative estimate of drug-likeness (QED) is 0.910. The summed E-state index contributed by atoms with van der Waals surface area (Å²) in [7, 11) is -3.64. The number of hydrogen-bond acceptors (Lipinski definition) is 3. The number of benzene rings is 2. The summed E-state index contributed by atoms with van der Waals surface area (Å²) in [4.78, 5) is 11.2. The second kappa shape index (κ2) is 6.55. The monoisotopic (exact) mass is 364 g/mol. The highest BCUT2D eigenvalue weighted by Gasteiger charge is 2.28. The van der Waals surface area contributed by atoms with Crippen molar-refractivity contribution in [3.63, 3.8) is 0 Å². The van der Waals surface area contributed by atoms with Gasteiger partial charge in [0.1, 0.15) is 0 Å². The van der Waals surface area contributed by atoms with Crippen LogP contribution in [-0.2, 0) is 27.8 Å². The molecule has 0 atom stereocenters. The second-order valence-corrected chi connectivity index (χ2v) is 8.03. The van der Waals surface area contributed by atoms with Crippen molar-refractivity contribution >= 4 is 33.2 Å². The fourth-order valence-electron chi connectivity index (χ4n) is 2.77. The van der Waals surface area contributed by atoms with E-state index in [4.69, 9.17) is 11.6 Å². The molecule has 0 bridgehead atoms. The molecule has 0 radical (unpaired) electrons. The van der Waals surface area contributed by atoms with Crippen LogP contribution in [0.15, 0.2) is 47.4 Å². The van der Waals surface area contributed by atoms with Gasteiger partial charge in [0.25, 0.3) is 0 Å². The Bertz CT molecular complexity index is 896. The lowest BCUT2D eigenvalue weighted by Gasteiger charge is -2.28. The number of fused-ring (bicyclic) bond motifs is 1. The molecule has 0 unspecified atom stereocenters. The predicted molar refractivity (Wildman–Crippen MR) is 93.5 cm³/mol. The number of rotatable bonds is 3. The molecule has 2 aromatic carbocycles. The molecule has 126 valence electrons. The van der Waals surface area contributed by atoms with Gasteiger partial charge in [0, 0.05) is 20.0 Å². The van der Waals surface area contributed by atoms with Gasteiger partial charge in [-0.15, -0.1) is 0 Å². The van der Waals surface area contributed by atoms with Crippen molar-refractivity contribution in [1.82, 2.24) is 4.31 Å². The molecule has 1 heterocycles. The van der Waals surface area contributed by atoms with E-state index in [9.17, 15) is 13.2 Å². The minimum Gasteiger partial charge on any atom is -0.325 e. The lowest BCUT2D eigenvalue weighted by molar-refractivity contribution is -0.114. The zero-order chi connectivity index (χ0) is 17.3. The smallest absolute Gasteiger partial charge is 0.243 e. The number of hydrogen-bond donors (Lipinski definition) is 1. The molecule has 0 saturated heterocycles. The topological polar surface area (TPSA) is 66.5 Å². The SMILES string of the molecule is CC(=O)Nc1ccc(S(=O)(=O)N2CCc3ccccc3C2)cc1Cl. The first kappa shape index (κ1) is 17.0. The first-order chi connectivity index (χ1) is 11.4. The van der Waals surface area contributed by atoms with E-state index in [0.29, 0.717) is 25.2 Å². The molecule has 1 amide bonds. The fraction of sp³-hybridized carbons (Fsp3) is 0.235. The van der Waals surface area contributed by atoms with Gasteiger partial charge in [-0.1, -0.05) is 35.9 Å². The summed E-state index contributed by atoms with van der Waals surface area (Å²) in [5.74, 6) is -0.264. The maximum atomic E-state index is 12.9. The van der Waals surface area contributed by atoms with Gasteiger partial charge in [-0.2, -0.15) is 4.31 Å². The average Bonchev–Trinajstić information content (AvgIpc) is 2.55. The highest BCUT2D eigenvalue weighted by Crippen LogP contribution is 2.29. The van der Waals surface area contributed by atoms with Crippen LogP contribution >= 0.6 is 11.6 Å². The molecule has 0 spiro atoms. The van der Waals surface area contributed by atoms with Crippen LogP contribution in [0, 0.1) is 0 Å².